The maximum absolute atomic E-state index is 13.5. The van der Waals surface area contributed by atoms with Crippen LogP contribution in [0.3, 0.4) is 0 Å². The van der Waals surface area contributed by atoms with E-state index >= 15 is 0 Å². The number of aromatic nitrogens is 3. The van der Waals surface area contributed by atoms with Crippen molar-refractivity contribution in [2.45, 2.75) is 13.5 Å². The van der Waals surface area contributed by atoms with Crippen molar-refractivity contribution in [3.8, 4) is 17.0 Å². The summed E-state index contributed by atoms with van der Waals surface area (Å²) in [4.78, 5) is 11.7. The Hall–Kier alpha value is -2.58. The van der Waals surface area contributed by atoms with Gasteiger partial charge in [-0.15, -0.1) is 5.10 Å². The molecule has 0 saturated carbocycles. The molecule has 0 bridgehead atoms. The van der Waals surface area contributed by atoms with Gasteiger partial charge in [-0.25, -0.2) is 9.18 Å². The van der Waals surface area contributed by atoms with Crippen molar-refractivity contribution in [1.29, 1.82) is 0 Å². The fourth-order valence-corrected chi connectivity index (χ4v) is 1.64. The first-order valence-electron chi connectivity index (χ1n) is 5.85. The number of benzene rings is 1. The molecule has 112 valence electrons. The number of hydrogen-bond donors (Lipinski definition) is 1. The molecule has 0 spiro atoms. The third kappa shape index (κ3) is 3.50. The number of hydrogen-bond acceptors (Lipinski definition) is 5. The second kappa shape index (κ2) is 6.25. The van der Waals surface area contributed by atoms with E-state index in [-0.39, 0.29) is 23.6 Å². The maximum Gasteiger partial charge on any atom is 0.387 e. The van der Waals surface area contributed by atoms with E-state index in [1.807, 2.05) is 0 Å². The predicted molar refractivity (Wildman–Crippen MR) is 64.4 cm³/mol. The molecule has 1 heterocycles. The van der Waals surface area contributed by atoms with E-state index in [0.717, 1.165) is 18.2 Å². The molecule has 0 atom stereocenters. The number of esters is 1. The molecule has 6 nitrogen and oxygen atoms in total. The zero-order chi connectivity index (χ0) is 15.4. The number of nitrogens with one attached hydrogen (secondary N) is 1. The van der Waals surface area contributed by atoms with E-state index in [1.165, 1.54) is 0 Å². The summed E-state index contributed by atoms with van der Waals surface area (Å²) < 4.78 is 46.7. The van der Waals surface area contributed by atoms with E-state index in [0.29, 0.717) is 0 Å². The highest BCUT2D eigenvalue weighted by atomic mass is 19.3. The van der Waals surface area contributed by atoms with Crippen LogP contribution in [-0.4, -0.2) is 34.6 Å². The molecule has 0 fully saturated rings. The molecule has 0 radical (unpaired) electrons. The van der Waals surface area contributed by atoms with E-state index in [4.69, 9.17) is 4.74 Å². The normalized spacial score (nSPS) is 10.7. The summed E-state index contributed by atoms with van der Waals surface area (Å²) in [5, 5.41) is 9.52. The van der Waals surface area contributed by atoms with Crippen LogP contribution in [0, 0.1) is 5.82 Å². The Kier molecular flexibility index (Phi) is 4.41. The van der Waals surface area contributed by atoms with Gasteiger partial charge in [-0.3, -0.25) is 0 Å². The third-order valence-electron chi connectivity index (χ3n) is 2.39. The molecular weight excluding hydrogens is 291 g/mol. The molecule has 2 rings (SSSR count). The van der Waals surface area contributed by atoms with Gasteiger partial charge in [-0.2, -0.15) is 19.1 Å². The van der Waals surface area contributed by atoms with Crippen LogP contribution in [0.4, 0.5) is 13.2 Å². The number of carbonyl (C=O) groups is 1. The smallest absolute Gasteiger partial charge is 0.387 e. The lowest BCUT2D eigenvalue weighted by atomic mass is 10.1. The summed E-state index contributed by atoms with van der Waals surface area (Å²) in [6.45, 7) is -1.37. The highest BCUT2D eigenvalue weighted by Gasteiger charge is 2.20. The molecule has 1 N–H and O–H groups in total. The number of H-pyrrole nitrogens is 1. The lowest BCUT2D eigenvalue weighted by Crippen LogP contribution is -2.07. The topological polar surface area (TPSA) is 77.1 Å². The van der Waals surface area contributed by atoms with Gasteiger partial charge in [0.2, 0.25) is 0 Å². The molecule has 9 heteroatoms. The van der Waals surface area contributed by atoms with Crippen LogP contribution in [0.25, 0.3) is 11.3 Å². The molecule has 0 unspecified atom stereocenters. The Labute approximate surface area is 116 Å². The first-order chi connectivity index (χ1) is 10.0. The van der Waals surface area contributed by atoms with Crippen molar-refractivity contribution in [3.05, 3.63) is 29.7 Å². The van der Waals surface area contributed by atoms with Crippen molar-refractivity contribution in [2.24, 2.45) is 0 Å². The summed E-state index contributed by atoms with van der Waals surface area (Å²) in [5.41, 5.74) is -0.139. The molecule has 0 saturated heterocycles. The Morgan fingerprint density at radius 1 is 1.33 bits per heavy atom. The van der Waals surface area contributed by atoms with Gasteiger partial charge in [-0.1, -0.05) is 0 Å². The van der Waals surface area contributed by atoms with Crippen LogP contribution >= 0.6 is 0 Å². The van der Waals surface area contributed by atoms with Crippen LogP contribution in [0.5, 0.6) is 5.75 Å². The minimum absolute atomic E-state index is 0.0212. The average molecular weight is 301 g/mol. The number of rotatable bonds is 5. The van der Waals surface area contributed by atoms with Crippen LogP contribution in [-0.2, 0) is 4.74 Å². The van der Waals surface area contributed by atoms with Crippen LogP contribution in [0.2, 0.25) is 0 Å². The lowest BCUT2D eigenvalue weighted by Gasteiger charge is -2.07. The number of ether oxygens (including phenoxy) is 2. The fraction of sp³-hybridized carbons (Fsp3) is 0.250. The van der Waals surface area contributed by atoms with Crippen molar-refractivity contribution < 1.29 is 27.4 Å². The van der Waals surface area contributed by atoms with E-state index in [2.05, 4.69) is 20.1 Å². The molecule has 1 aromatic carbocycles. The van der Waals surface area contributed by atoms with Crippen molar-refractivity contribution in [3.63, 3.8) is 0 Å². The fourth-order valence-electron chi connectivity index (χ4n) is 1.64. The molecule has 0 aliphatic rings. The average Bonchev–Trinajstić information content (AvgIpc) is 2.86. The van der Waals surface area contributed by atoms with Gasteiger partial charge in [0.25, 0.3) is 0 Å². The molecular formula is C12H10F3N3O3. The van der Waals surface area contributed by atoms with Crippen LogP contribution in [0.15, 0.2) is 18.2 Å². The summed E-state index contributed by atoms with van der Waals surface area (Å²) in [6.07, 6.45) is 0. The zero-order valence-corrected chi connectivity index (χ0v) is 10.8. The van der Waals surface area contributed by atoms with Crippen LogP contribution in [0.1, 0.15) is 17.4 Å². The quantitative estimate of drug-likeness (QED) is 0.858. The molecule has 0 amide bonds. The third-order valence-corrected chi connectivity index (χ3v) is 2.39. The standard InChI is InChI=1S/C12H10F3N3O3/c1-2-20-11(19)10-9(16-18-17-10)6-3-7(13)5-8(4-6)21-12(14)15/h3-5,12H,2H2,1H3,(H,16,17,18). The predicted octanol–water partition coefficient (Wildman–Crippen LogP) is 2.39. The highest BCUT2D eigenvalue weighted by Crippen LogP contribution is 2.27. The molecule has 1 aromatic heterocycles. The summed E-state index contributed by atoms with van der Waals surface area (Å²) in [6, 6.07) is 2.93. The van der Waals surface area contributed by atoms with Gasteiger partial charge in [0, 0.05) is 11.6 Å². The zero-order valence-electron chi connectivity index (χ0n) is 10.8. The van der Waals surface area contributed by atoms with Gasteiger partial charge in [0.15, 0.2) is 5.69 Å². The van der Waals surface area contributed by atoms with Crippen molar-refractivity contribution in [1.82, 2.24) is 15.4 Å². The van der Waals surface area contributed by atoms with Gasteiger partial charge in [0.1, 0.15) is 17.3 Å². The monoisotopic (exact) mass is 301 g/mol. The van der Waals surface area contributed by atoms with Crippen molar-refractivity contribution in [2.75, 3.05) is 6.61 Å². The molecule has 21 heavy (non-hydrogen) atoms. The Morgan fingerprint density at radius 2 is 2.10 bits per heavy atom. The van der Waals surface area contributed by atoms with Gasteiger partial charge < -0.3 is 9.47 Å². The van der Waals surface area contributed by atoms with Gasteiger partial charge in [-0.05, 0) is 19.1 Å². The minimum atomic E-state index is -3.10. The number of nitrogens with zero attached hydrogens (tertiary/aromatic N) is 2. The Morgan fingerprint density at radius 3 is 2.76 bits per heavy atom. The number of carbonyl (C=O) groups excluding carboxylic acids is 1. The maximum atomic E-state index is 13.5. The Balaban J connectivity index is 2.40. The Bertz CT molecular complexity index is 646. The van der Waals surface area contributed by atoms with Gasteiger partial charge in [0.05, 0.1) is 6.61 Å². The highest BCUT2D eigenvalue weighted by molar-refractivity contribution is 5.93. The van der Waals surface area contributed by atoms with Crippen molar-refractivity contribution >= 4 is 5.97 Å². The molecule has 0 aliphatic carbocycles. The lowest BCUT2D eigenvalue weighted by molar-refractivity contribution is -0.0499. The summed E-state index contributed by atoms with van der Waals surface area (Å²) in [5.74, 6) is -1.97. The summed E-state index contributed by atoms with van der Waals surface area (Å²) in [7, 11) is 0. The van der Waals surface area contributed by atoms with Gasteiger partial charge >= 0.3 is 12.6 Å². The summed E-state index contributed by atoms with van der Waals surface area (Å²) >= 11 is 0. The molecule has 0 aliphatic heterocycles. The largest absolute Gasteiger partial charge is 0.461 e. The van der Waals surface area contributed by atoms with E-state index in [9.17, 15) is 18.0 Å². The molecule has 2 aromatic rings. The first-order valence-corrected chi connectivity index (χ1v) is 5.85. The first kappa shape index (κ1) is 14.8. The number of aromatic amines is 1. The minimum Gasteiger partial charge on any atom is -0.461 e. The second-order valence-corrected chi connectivity index (χ2v) is 3.80. The SMILES string of the molecule is CCOC(=O)c1n[nH]nc1-c1cc(F)cc(OC(F)F)c1. The van der Waals surface area contributed by atoms with Crippen LogP contribution < -0.4 is 4.74 Å². The van der Waals surface area contributed by atoms with E-state index < -0.39 is 24.1 Å². The number of halogens is 3. The second-order valence-electron chi connectivity index (χ2n) is 3.80. The number of alkyl halides is 2. The van der Waals surface area contributed by atoms with E-state index in [1.54, 1.807) is 6.92 Å².